The largest absolute Gasteiger partial charge is 0.323 e. The summed E-state index contributed by atoms with van der Waals surface area (Å²) < 4.78 is 0. The van der Waals surface area contributed by atoms with Crippen molar-refractivity contribution in [3.05, 3.63) is 35.9 Å². The number of nitrogens with zero attached hydrogens (tertiary/aromatic N) is 3. The zero-order valence-electron chi connectivity index (χ0n) is 11.5. The summed E-state index contributed by atoms with van der Waals surface area (Å²) in [5.41, 5.74) is 5.18. The first kappa shape index (κ1) is 13.2. The van der Waals surface area contributed by atoms with Gasteiger partial charge in [-0.15, -0.1) is 0 Å². The Morgan fingerprint density at radius 2 is 2.15 bits per heavy atom. The molecule has 1 atom stereocenters. The molecule has 1 aromatic carbocycles. The van der Waals surface area contributed by atoms with Gasteiger partial charge in [0.1, 0.15) is 11.6 Å². The van der Waals surface area contributed by atoms with Crippen LogP contribution in [-0.4, -0.2) is 22.3 Å². The molecule has 20 heavy (non-hydrogen) atoms. The number of nitrogens with one attached hydrogen (secondary N) is 1. The summed E-state index contributed by atoms with van der Waals surface area (Å²) in [4.78, 5) is 11.2. The number of hydrazine groups is 1. The number of nitrogens with two attached hydrogens (primary N) is 1. The molecule has 1 aliphatic rings. The fourth-order valence-corrected chi connectivity index (χ4v) is 2.99. The maximum absolute atomic E-state index is 5.50. The van der Waals surface area contributed by atoms with Crippen molar-refractivity contribution in [2.45, 2.75) is 24.5 Å². The molecule has 1 aliphatic heterocycles. The van der Waals surface area contributed by atoms with Gasteiger partial charge in [0.25, 0.3) is 0 Å². The summed E-state index contributed by atoms with van der Waals surface area (Å²) in [5, 5.41) is 0.715. The molecule has 2 heterocycles. The number of para-hydroxylation sites is 1. The minimum Gasteiger partial charge on any atom is -0.323 e. The third kappa shape index (κ3) is 2.21. The zero-order chi connectivity index (χ0) is 14.1. The van der Waals surface area contributed by atoms with E-state index in [1.54, 1.807) is 0 Å². The highest BCUT2D eigenvalue weighted by molar-refractivity contribution is 7.98. The van der Waals surface area contributed by atoms with Gasteiger partial charge in [-0.05, 0) is 31.2 Å². The van der Waals surface area contributed by atoms with Crippen LogP contribution >= 0.6 is 11.8 Å². The number of aromatic nitrogens is 2. The highest BCUT2D eigenvalue weighted by Gasteiger charge is 2.28. The maximum atomic E-state index is 5.50. The highest BCUT2D eigenvalue weighted by Crippen LogP contribution is 2.38. The Morgan fingerprint density at radius 3 is 2.90 bits per heavy atom. The van der Waals surface area contributed by atoms with Crippen molar-refractivity contribution >= 4 is 29.1 Å². The number of benzene rings is 1. The number of rotatable bonds is 3. The second-order valence-electron chi connectivity index (χ2n) is 4.79. The molecule has 1 aromatic heterocycles. The average Bonchev–Trinajstić information content (AvgIpc) is 2.82. The van der Waals surface area contributed by atoms with Crippen molar-refractivity contribution in [2.24, 2.45) is 5.84 Å². The van der Waals surface area contributed by atoms with E-state index in [-0.39, 0.29) is 0 Å². The van der Waals surface area contributed by atoms with Gasteiger partial charge in [-0.1, -0.05) is 30.0 Å². The van der Waals surface area contributed by atoms with Crippen LogP contribution in [0.4, 0.5) is 17.3 Å². The second kappa shape index (κ2) is 5.30. The number of nitrogen functional groups attached to an aromatic ring is 1. The van der Waals surface area contributed by atoms with Crippen LogP contribution in [-0.2, 0) is 6.42 Å². The van der Waals surface area contributed by atoms with E-state index in [2.05, 4.69) is 51.5 Å². The summed E-state index contributed by atoms with van der Waals surface area (Å²) >= 11 is 1.51. The van der Waals surface area contributed by atoms with Gasteiger partial charge in [-0.25, -0.2) is 15.8 Å². The highest BCUT2D eigenvalue weighted by atomic mass is 32.2. The Morgan fingerprint density at radius 1 is 1.35 bits per heavy atom. The standard InChI is InChI=1S/C14H17N5S/c1-9-7-10-5-3-4-6-11(10)19(9)13-8-12(18-15)16-14(17-13)20-2/h3-6,8-9H,7,15H2,1-2H3,(H,16,17,18). The molecule has 0 bridgehead atoms. The summed E-state index contributed by atoms with van der Waals surface area (Å²) in [7, 11) is 0. The molecule has 104 valence electrons. The van der Waals surface area contributed by atoms with Gasteiger partial charge in [-0.3, -0.25) is 0 Å². The lowest BCUT2D eigenvalue weighted by atomic mass is 10.1. The molecule has 0 fully saturated rings. The predicted octanol–water partition coefficient (Wildman–Crippen LogP) is 2.57. The van der Waals surface area contributed by atoms with E-state index in [4.69, 9.17) is 5.84 Å². The lowest BCUT2D eigenvalue weighted by Crippen LogP contribution is -2.25. The van der Waals surface area contributed by atoms with Gasteiger partial charge in [0.15, 0.2) is 5.16 Å². The van der Waals surface area contributed by atoms with Crippen molar-refractivity contribution < 1.29 is 0 Å². The van der Waals surface area contributed by atoms with Crippen molar-refractivity contribution in [2.75, 3.05) is 16.6 Å². The van der Waals surface area contributed by atoms with Crippen LogP contribution < -0.4 is 16.2 Å². The molecular weight excluding hydrogens is 270 g/mol. The first-order chi connectivity index (χ1) is 9.72. The molecule has 0 saturated carbocycles. The number of fused-ring (bicyclic) bond motifs is 1. The average molecular weight is 287 g/mol. The van der Waals surface area contributed by atoms with Gasteiger partial charge >= 0.3 is 0 Å². The van der Waals surface area contributed by atoms with Crippen molar-refractivity contribution in [1.29, 1.82) is 0 Å². The van der Waals surface area contributed by atoms with E-state index < -0.39 is 0 Å². The molecule has 0 saturated heterocycles. The van der Waals surface area contributed by atoms with Crippen molar-refractivity contribution in [3.8, 4) is 0 Å². The lowest BCUT2D eigenvalue weighted by Gasteiger charge is -2.24. The van der Waals surface area contributed by atoms with E-state index in [1.807, 2.05) is 12.3 Å². The maximum Gasteiger partial charge on any atom is 0.191 e. The quantitative estimate of drug-likeness (QED) is 0.391. The third-order valence-electron chi connectivity index (χ3n) is 3.48. The van der Waals surface area contributed by atoms with Crippen LogP contribution in [0, 0.1) is 0 Å². The molecule has 0 radical (unpaired) electrons. The molecule has 0 spiro atoms. The Labute approximate surface area is 122 Å². The molecule has 3 N–H and O–H groups in total. The molecule has 0 aliphatic carbocycles. The normalized spacial score (nSPS) is 17.1. The summed E-state index contributed by atoms with van der Waals surface area (Å²) in [6, 6.07) is 10.7. The molecule has 2 aromatic rings. The number of hydrogen-bond acceptors (Lipinski definition) is 6. The van der Waals surface area contributed by atoms with E-state index in [1.165, 1.54) is 23.0 Å². The van der Waals surface area contributed by atoms with Crippen LogP contribution in [0.15, 0.2) is 35.5 Å². The van der Waals surface area contributed by atoms with E-state index in [0.717, 1.165) is 12.2 Å². The molecule has 3 rings (SSSR count). The number of anilines is 3. The van der Waals surface area contributed by atoms with Gasteiger partial charge in [-0.2, -0.15) is 0 Å². The van der Waals surface area contributed by atoms with Crippen LogP contribution in [0.1, 0.15) is 12.5 Å². The molecule has 6 heteroatoms. The smallest absolute Gasteiger partial charge is 0.191 e. The number of thioether (sulfide) groups is 1. The van der Waals surface area contributed by atoms with E-state index >= 15 is 0 Å². The minimum atomic E-state index is 0.377. The van der Waals surface area contributed by atoms with Gasteiger partial charge in [0.05, 0.1) is 0 Å². The van der Waals surface area contributed by atoms with Crippen LogP contribution in [0.5, 0.6) is 0 Å². The topological polar surface area (TPSA) is 67.1 Å². The van der Waals surface area contributed by atoms with Gasteiger partial charge in [0, 0.05) is 17.8 Å². The molecule has 1 unspecified atom stereocenters. The minimum absolute atomic E-state index is 0.377. The first-order valence-corrected chi connectivity index (χ1v) is 7.72. The Hall–Kier alpha value is -1.79. The fraction of sp³-hybridized carbons (Fsp3) is 0.286. The lowest BCUT2D eigenvalue weighted by molar-refractivity contribution is 0.742. The summed E-state index contributed by atoms with van der Waals surface area (Å²) in [6.45, 7) is 2.20. The summed E-state index contributed by atoms with van der Waals surface area (Å²) in [5.74, 6) is 7.02. The monoisotopic (exact) mass is 287 g/mol. The fourth-order valence-electron chi connectivity index (χ4n) is 2.62. The van der Waals surface area contributed by atoms with Crippen molar-refractivity contribution in [3.63, 3.8) is 0 Å². The van der Waals surface area contributed by atoms with E-state index in [0.29, 0.717) is 17.0 Å². The van der Waals surface area contributed by atoms with Gasteiger partial charge < -0.3 is 10.3 Å². The second-order valence-corrected chi connectivity index (χ2v) is 5.57. The summed E-state index contributed by atoms with van der Waals surface area (Å²) in [6.07, 6.45) is 2.99. The van der Waals surface area contributed by atoms with E-state index in [9.17, 15) is 0 Å². The third-order valence-corrected chi connectivity index (χ3v) is 4.02. The predicted molar refractivity (Wildman–Crippen MR) is 83.4 cm³/mol. The van der Waals surface area contributed by atoms with Crippen LogP contribution in [0.25, 0.3) is 0 Å². The SMILES string of the molecule is CSc1nc(NN)cc(N2c3ccccc3CC2C)n1. The van der Waals surface area contributed by atoms with Crippen molar-refractivity contribution in [1.82, 2.24) is 9.97 Å². The first-order valence-electron chi connectivity index (χ1n) is 6.49. The molecule has 5 nitrogen and oxygen atoms in total. The Balaban J connectivity index is 2.08. The molecule has 0 amide bonds. The molecular formula is C14H17N5S. The van der Waals surface area contributed by atoms with Crippen LogP contribution in [0.2, 0.25) is 0 Å². The van der Waals surface area contributed by atoms with Crippen LogP contribution in [0.3, 0.4) is 0 Å². The zero-order valence-corrected chi connectivity index (χ0v) is 12.3. The Kier molecular flexibility index (Phi) is 3.50. The van der Waals surface area contributed by atoms with Gasteiger partial charge in [0.2, 0.25) is 0 Å². The Bertz CT molecular complexity index is 608. The number of hydrogen-bond donors (Lipinski definition) is 2.